The van der Waals surface area contributed by atoms with Crippen LogP contribution >= 0.6 is 0 Å². The van der Waals surface area contributed by atoms with E-state index in [1.54, 1.807) is 17.0 Å². The van der Waals surface area contributed by atoms with Crippen molar-refractivity contribution in [3.63, 3.8) is 0 Å². The van der Waals surface area contributed by atoms with Crippen LogP contribution in [0.15, 0.2) is 79.1 Å². The molecule has 0 saturated heterocycles. The Morgan fingerprint density at radius 2 is 1.79 bits per heavy atom. The molecule has 1 unspecified atom stereocenters. The number of methoxy groups -OCH3 is 1. The highest BCUT2D eigenvalue weighted by Crippen LogP contribution is 2.17. The quantitative estimate of drug-likeness (QED) is 0.508. The van der Waals surface area contributed by atoms with Crippen LogP contribution in [0, 0.1) is 0 Å². The van der Waals surface area contributed by atoms with Gasteiger partial charge in [-0.2, -0.15) is 5.10 Å². The van der Waals surface area contributed by atoms with Crippen LogP contribution < -0.4 is 5.32 Å². The maximum Gasteiger partial charge on any atom is 0.307 e. The second-order valence-corrected chi connectivity index (χ2v) is 6.14. The molecule has 1 atom stereocenters. The van der Waals surface area contributed by atoms with Crippen LogP contribution in [0.3, 0.4) is 0 Å². The van der Waals surface area contributed by atoms with Crippen molar-refractivity contribution < 1.29 is 14.3 Å². The lowest BCUT2D eigenvalue weighted by atomic mass is 10.0. The number of esters is 1. The minimum Gasteiger partial charge on any atom is -0.469 e. The number of carbonyl (C=O) groups excluding carboxylic acids is 2. The fraction of sp³-hybridized carbons (Fsp3) is 0.136. The second kappa shape index (κ2) is 9.32. The first kappa shape index (κ1) is 19.1. The standard InChI is InChI=1S/C22H21N3O3/c1-28-22(27)14-20(18-8-4-2-5-9-18)24-21(26)13-12-17-15-23-25(16-17)19-10-6-3-7-11-19/h2-13,15-16,20H,14H2,1H3,(H,24,26)/b13-12+. The van der Waals surface area contributed by atoms with Gasteiger partial charge in [-0.3, -0.25) is 9.59 Å². The van der Waals surface area contributed by atoms with E-state index in [1.165, 1.54) is 13.2 Å². The molecule has 3 aromatic rings. The van der Waals surface area contributed by atoms with Gasteiger partial charge < -0.3 is 10.1 Å². The van der Waals surface area contributed by atoms with Crippen LogP contribution in [0.4, 0.5) is 0 Å². The molecule has 0 aliphatic carbocycles. The molecule has 0 spiro atoms. The number of nitrogens with zero attached hydrogens (tertiary/aromatic N) is 2. The summed E-state index contributed by atoms with van der Waals surface area (Å²) in [6, 6.07) is 18.6. The molecule has 1 aromatic heterocycles. The molecule has 0 bridgehead atoms. The third kappa shape index (κ3) is 5.17. The Bertz CT molecular complexity index is 949. The molecular weight excluding hydrogens is 354 g/mol. The average molecular weight is 375 g/mol. The van der Waals surface area contributed by atoms with Gasteiger partial charge in [-0.05, 0) is 23.8 Å². The summed E-state index contributed by atoms with van der Waals surface area (Å²) in [4.78, 5) is 24.1. The summed E-state index contributed by atoms with van der Waals surface area (Å²) >= 11 is 0. The first-order valence-corrected chi connectivity index (χ1v) is 8.86. The van der Waals surface area contributed by atoms with E-state index < -0.39 is 6.04 Å². The highest BCUT2D eigenvalue weighted by molar-refractivity contribution is 5.92. The van der Waals surface area contributed by atoms with Gasteiger partial charge in [-0.1, -0.05) is 48.5 Å². The highest BCUT2D eigenvalue weighted by Gasteiger charge is 2.17. The summed E-state index contributed by atoms with van der Waals surface area (Å²) in [6.07, 6.45) is 6.69. The summed E-state index contributed by atoms with van der Waals surface area (Å²) in [7, 11) is 1.33. The van der Waals surface area contributed by atoms with Gasteiger partial charge in [0, 0.05) is 17.8 Å². The van der Waals surface area contributed by atoms with Gasteiger partial charge >= 0.3 is 5.97 Å². The first-order chi connectivity index (χ1) is 13.7. The molecule has 6 nitrogen and oxygen atoms in total. The van der Waals surface area contributed by atoms with Gasteiger partial charge in [0.1, 0.15) is 0 Å². The number of benzene rings is 2. The van der Waals surface area contributed by atoms with Crippen molar-refractivity contribution in [3.05, 3.63) is 90.3 Å². The normalized spacial score (nSPS) is 11.9. The summed E-state index contributed by atoms with van der Waals surface area (Å²) in [5.41, 5.74) is 2.57. The fourth-order valence-corrected chi connectivity index (χ4v) is 2.72. The van der Waals surface area contributed by atoms with Crippen molar-refractivity contribution in [2.24, 2.45) is 0 Å². The number of hydrogen-bond donors (Lipinski definition) is 1. The smallest absolute Gasteiger partial charge is 0.307 e. The minimum atomic E-state index is -0.460. The summed E-state index contributed by atoms with van der Waals surface area (Å²) < 4.78 is 6.48. The number of ether oxygens (including phenoxy) is 1. The Kier molecular flexibility index (Phi) is 6.36. The van der Waals surface area contributed by atoms with E-state index >= 15 is 0 Å². The third-order valence-corrected chi connectivity index (χ3v) is 4.17. The van der Waals surface area contributed by atoms with Crippen LogP contribution in [0.2, 0.25) is 0 Å². The van der Waals surface area contributed by atoms with Gasteiger partial charge in [-0.25, -0.2) is 4.68 Å². The van der Waals surface area contributed by atoms with Crippen LogP contribution in [-0.2, 0) is 14.3 Å². The van der Waals surface area contributed by atoms with Crippen LogP contribution in [-0.4, -0.2) is 28.8 Å². The molecule has 6 heteroatoms. The summed E-state index contributed by atoms with van der Waals surface area (Å²) in [5.74, 6) is -0.688. The highest BCUT2D eigenvalue weighted by atomic mass is 16.5. The van der Waals surface area contributed by atoms with Crippen molar-refractivity contribution in [3.8, 4) is 5.69 Å². The monoisotopic (exact) mass is 375 g/mol. The SMILES string of the molecule is COC(=O)CC(NC(=O)/C=C/c1cnn(-c2ccccc2)c1)c1ccccc1. The lowest BCUT2D eigenvalue weighted by Crippen LogP contribution is -2.29. The Morgan fingerprint density at radius 1 is 1.11 bits per heavy atom. The molecule has 3 rings (SSSR count). The van der Waals surface area contributed by atoms with Crippen molar-refractivity contribution in [1.29, 1.82) is 0 Å². The predicted molar refractivity (Wildman–Crippen MR) is 107 cm³/mol. The molecule has 142 valence electrons. The van der Waals surface area contributed by atoms with E-state index in [0.29, 0.717) is 0 Å². The molecule has 1 heterocycles. The first-order valence-electron chi connectivity index (χ1n) is 8.86. The van der Waals surface area contributed by atoms with Gasteiger partial charge in [0.2, 0.25) is 5.91 Å². The average Bonchev–Trinajstić information content (AvgIpc) is 3.22. The topological polar surface area (TPSA) is 73.2 Å². The summed E-state index contributed by atoms with van der Waals surface area (Å²) in [5, 5.41) is 7.15. The van der Waals surface area contributed by atoms with Crippen molar-refractivity contribution in [1.82, 2.24) is 15.1 Å². The zero-order valence-electron chi connectivity index (χ0n) is 15.5. The zero-order chi connectivity index (χ0) is 19.8. The predicted octanol–water partition coefficient (Wildman–Crippen LogP) is 3.31. The lowest BCUT2D eigenvalue weighted by Gasteiger charge is -2.17. The van der Waals surface area contributed by atoms with E-state index in [9.17, 15) is 9.59 Å². The van der Waals surface area contributed by atoms with Crippen molar-refractivity contribution in [2.75, 3.05) is 7.11 Å². The van der Waals surface area contributed by atoms with Crippen molar-refractivity contribution in [2.45, 2.75) is 12.5 Å². The maximum absolute atomic E-state index is 12.4. The molecule has 2 aromatic carbocycles. The van der Waals surface area contributed by atoms with Gasteiger partial charge in [-0.15, -0.1) is 0 Å². The number of hydrogen-bond acceptors (Lipinski definition) is 4. The van der Waals surface area contributed by atoms with Crippen LogP contribution in [0.1, 0.15) is 23.6 Å². The fourth-order valence-electron chi connectivity index (χ4n) is 2.72. The van der Waals surface area contributed by atoms with E-state index in [-0.39, 0.29) is 18.3 Å². The van der Waals surface area contributed by atoms with Gasteiger partial charge in [0.15, 0.2) is 0 Å². The number of carbonyl (C=O) groups is 2. The number of nitrogens with one attached hydrogen (secondary N) is 1. The number of para-hydroxylation sites is 1. The molecule has 0 fully saturated rings. The van der Waals surface area contributed by atoms with E-state index in [2.05, 4.69) is 10.4 Å². The molecule has 0 radical (unpaired) electrons. The molecule has 0 aliphatic heterocycles. The minimum absolute atomic E-state index is 0.0615. The van der Waals surface area contributed by atoms with E-state index in [0.717, 1.165) is 16.8 Å². The molecule has 0 aliphatic rings. The van der Waals surface area contributed by atoms with Crippen LogP contribution in [0.25, 0.3) is 11.8 Å². The number of amides is 1. The maximum atomic E-state index is 12.4. The Morgan fingerprint density at radius 3 is 2.46 bits per heavy atom. The van der Waals surface area contributed by atoms with E-state index in [4.69, 9.17) is 4.74 Å². The molecule has 0 saturated carbocycles. The molecule has 1 amide bonds. The largest absolute Gasteiger partial charge is 0.469 e. The molecule has 28 heavy (non-hydrogen) atoms. The Hall–Kier alpha value is -3.67. The second-order valence-electron chi connectivity index (χ2n) is 6.14. The van der Waals surface area contributed by atoms with Gasteiger partial charge in [0.25, 0.3) is 0 Å². The molecular formula is C22H21N3O3. The van der Waals surface area contributed by atoms with Crippen molar-refractivity contribution >= 4 is 18.0 Å². The summed E-state index contributed by atoms with van der Waals surface area (Å²) in [6.45, 7) is 0. The lowest BCUT2D eigenvalue weighted by molar-refractivity contribution is -0.141. The Labute approximate surface area is 163 Å². The number of rotatable bonds is 7. The Balaban J connectivity index is 1.67. The van der Waals surface area contributed by atoms with E-state index in [1.807, 2.05) is 66.9 Å². The third-order valence-electron chi connectivity index (χ3n) is 4.17. The zero-order valence-corrected chi connectivity index (χ0v) is 15.5. The molecule has 1 N–H and O–H groups in total. The van der Waals surface area contributed by atoms with Gasteiger partial charge in [0.05, 0.1) is 31.5 Å². The number of aromatic nitrogens is 2. The van der Waals surface area contributed by atoms with Crippen LogP contribution in [0.5, 0.6) is 0 Å².